The first-order valence-corrected chi connectivity index (χ1v) is 7.37. The van der Waals surface area contributed by atoms with Crippen LogP contribution in [0.2, 0.25) is 0 Å². The molecule has 0 saturated heterocycles. The Hall–Kier alpha value is -2.47. The number of hydrogen-bond donors (Lipinski definition) is 1. The molecule has 0 amide bonds. The number of hydrogen-bond acceptors (Lipinski definition) is 4. The Morgan fingerprint density at radius 1 is 1.38 bits per heavy atom. The van der Waals surface area contributed by atoms with E-state index in [9.17, 15) is 14.9 Å². The SMILES string of the molecule is CCc1ccsc1C(=O)c1c[nH]c2c([N+](=O)[O-])cccc12. The van der Waals surface area contributed by atoms with Crippen LogP contribution in [0.3, 0.4) is 0 Å². The topological polar surface area (TPSA) is 76.0 Å². The maximum absolute atomic E-state index is 12.7. The minimum absolute atomic E-state index is 0.0200. The molecule has 21 heavy (non-hydrogen) atoms. The Kier molecular flexibility index (Phi) is 3.31. The Labute approximate surface area is 124 Å². The number of carbonyl (C=O) groups excluding carboxylic acids is 1. The number of nitrogens with one attached hydrogen (secondary N) is 1. The standard InChI is InChI=1S/C15H12N2O3S/c1-2-9-6-7-21-15(9)14(18)11-8-16-13-10(11)4-3-5-12(13)17(19)20/h3-8,16H,2H2,1H3. The first-order chi connectivity index (χ1) is 10.1. The average molecular weight is 300 g/mol. The second-order valence-corrected chi connectivity index (χ2v) is 5.53. The highest BCUT2D eigenvalue weighted by atomic mass is 32.1. The first kappa shape index (κ1) is 13.5. The van der Waals surface area contributed by atoms with Gasteiger partial charge in [0.1, 0.15) is 5.52 Å². The molecule has 0 fully saturated rings. The van der Waals surface area contributed by atoms with Gasteiger partial charge < -0.3 is 4.98 Å². The highest BCUT2D eigenvalue weighted by Gasteiger charge is 2.21. The lowest BCUT2D eigenvalue weighted by molar-refractivity contribution is -0.383. The summed E-state index contributed by atoms with van der Waals surface area (Å²) in [6, 6.07) is 6.69. The maximum atomic E-state index is 12.7. The lowest BCUT2D eigenvalue weighted by Gasteiger charge is -2.00. The van der Waals surface area contributed by atoms with Crippen molar-refractivity contribution in [1.29, 1.82) is 0 Å². The summed E-state index contributed by atoms with van der Waals surface area (Å²) in [5.74, 6) is -0.0893. The normalized spacial score (nSPS) is 10.9. The molecule has 0 aliphatic heterocycles. The van der Waals surface area contributed by atoms with E-state index < -0.39 is 4.92 Å². The Bertz CT molecular complexity index is 848. The maximum Gasteiger partial charge on any atom is 0.293 e. The van der Waals surface area contributed by atoms with Crippen LogP contribution in [-0.2, 0) is 6.42 Å². The molecule has 0 aliphatic carbocycles. The Morgan fingerprint density at radius 2 is 2.19 bits per heavy atom. The van der Waals surface area contributed by atoms with Gasteiger partial charge in [-0.15, -0.1) is 11.3 Å². The molecule has 5 nitrogen and oxygen atoms in total. The van der Waals surface area contributed by atoms with Gasteiger partial charge in [-0.1, -0.05) is 19.1 Å². The third kappa shape index (κ3) is 2.13. The number of carbonyl (C=O) groups is 1. The molecule has 0 bridgehead atoms. The van der Waals surface area contributed by atoms with Crippen molar-refractivity contribution >= 4 is 33.7 Å². The molecule has 3 rings (SSSR count). The number of rotatable bonds is 4. The average Bonchev–Trinajstić information content (AvgIpc) is 3.12. The van der Waals surface area contributed by atoms with Crippen molar-refractivity contribution < 1.29 is 9.72 Å². The van der Waals surface area contributed by atoms with Crippen LogP contribution in [0.25, 0.3) is 10.9 Å². The van der Waals surface area contributed by atoms with Crippen molar-refractivity contribution in [3.63, 3.8) is 0 Å². The van der Waals surface area contributed by atoms with Crippen LogP contribution in [0.4, 0.5) is 5.69 Å². The summed E-state index contributed by atoms with van der Waals surface area (Å²) in [4.78, 5) is 26.8. The minimum atomic E-state index is -0.449. The highest BCUT2D eigenvalue weighted by Crippen LogP contribution is 2.30. The summed E-state index contributed by atoms with van der Waals surface area (Å²) in [6.45, 7) is 2.00. The monoisotopic (exact) mass is 300 g/mol. The summed E-state index contributed by atoms with van der Waals surface area (Å²) in [5, 5.41) is 13.5. The van der Waals surface area contributed by atoms with Gasteiger partial charge in [-0.25, -0.2) is 0 Å². The van der Waals surface area contributed by atoms with Crippen molar-refractivity contribution in [3.8, 4) is 0 Å². The molecule has 0 atom stereocenters. The fourth-order valence-electron chi connectivity index (χ4n) is 2.41. The van der Waals surface area contributed by atoms with E-state index in [-0.39, 0.29) is 11.5 Å². The Balaban J connectivity index is 2.16. The largest absolute Gasteiger partial charge is 0.355 e. The van der Waals surface area contributed by atoms with Gasteiger partial charge in [0, 0.05) is 23.2 Å². The van der Waals surface area contributed by atoms with Crippen LogP contribution in [0.5, 0.6) is 0 Å². The molecule has 1 aromatic carbocycles. The second-order valence-electron chi connectivity index (χ2n) is 4.62. The number of H-pyrrole nitrogens is 1. The predicted molar refractivity (Wildman–Crippen MR) is 82.1 cm³/mol. The third-order valence-corrected chi connectivity index (χ3v) is 4.42. The quantitative estimate of drug-likeness (QED) is 0.450. The van der Waals surface area contributed by atoms with Gasteiger partial charge in [-0.05, 0) is 23.4 Å². The van der Waals surface area contributed by atoms with Crippen molar-refractivity contribution in [2.45, 2.75) is 13.3 Å². The van der Waals surface area contributed by atoms with Gasteiger partial charge in [0.05, 0.1) is 9.80 Å². The summed E-state index contributed by atoms with van der Waals surface area (Å²) in [5.41, 5.74) is 1.85. The third-order valence-electron chi connectivity index (χ3n) is 3.47. The van der Waals surface area contributed by atoms with Crippen LogP contribution in [0.1, 0.15) is 27.7 Å². The number of thiophene rings is 1. The lowest BCUT2D eigenvalue weighted by Crippen LogP contribution is -2.00. The fraction of sp³-hybridized carbons (Fsp3) is 0.133. The van der Waals surface area contributed by atoms with Crippen LogP contribution >= 0.6 is 11.3 Å². The van der Waals surface area contributed by atoms with Crippen LogP contribution in [0, 0.1) is 10.1 Å². The summed E-state index contributed by atoms with van der Waals surface area (Å²) < 4.78 is 0. The van der Waals surface area contributed by atoms with Gasteiger partial charge >= 0.3 is 0 Å². The number of nitro benzene ring substituents is 1. The molecule has 2 heterocycles. The molecule has 6 heteroatoms. The van der Waals surface area contributed by atoms with Crippen LogP contribution in [0.15, 0.2) is 35.8 Å². The number of benzene rings is 1. The van der Waals surface area contributed by atoms with E-state index in [2.05, 4.69) is 4.98 Å². The molecule has 0 unspecified atom stereocenters. The van der Waals surface area contributed by atoms with Gasteiger partial charge in [0.25, 0.3) is 5.69 Å². The van der Waals surface area contributed by atoms with Gasteiger partial charge in [-0.2, -0.15) is 0 Å². The molecule has 0 aliphatic rings. The van der Waals surface area contributed by atoms with Crippen molar-refractivity contribution in [3.05, 3.63) is 62.0 Å². The van der Waals surface area contributed by atoms with Gasteiger partial charge in [0.15, 0.2) is 0 Å². The lowest BCUT2D eigenvalue weighted by atomic mass is 10.0. The number of ketones is 1. The van der Waals surface area contributed by atoms with E-state index >= 15 is 0 Å². The van der Waals surface area contributed by atoms with Gasteiger partial charge in [0.2, 0.25) is 5.78 Å². The molecular weight excluding hydrogens is 288 g/mol. The summed E-state index contributed by atoms with van der Waals surface area (Å²) >= 11 is 1.40. The molecule has 106 valence electrons. The molecule has 0 spiro atoms. The zero-order valence-electron chi connectivity index (χ0n) is 11.3. The smallest absolute Gasteiger partial charge is 0.293 e. The molecular formula is C15H12N2O3S. The van der Waals surface area contributed by atoms with Crippen molar-refractivity contribution in [2.75, 3.05) is 0 Å². The van der Waals surface area contributed by atoms with E-state index in [0.29, 0.717) is 21.3 Å². The molecule has 0 saturated carbocycles. The van der Waals surface area contributed by atoms with E-state index in [0.717, 1.165) is 12.0 Å². The Morgan fingerprint density at radius 3 is 2.90 bits per heavy atom. The van der Waals surface area contributed by atoms with E-state index in [1.807, 2.05) is 18.4 Å². The molecule has 3 aromatic rings. The minimum Gasteiger partial charge on any atom is -0.355 e. The van der Waals surface area contributed by atoms with E-state index in [1.54, 1.807) is 18.3 Å². The summed E-state index contributed by atoms with van der Waals surface area (Å²) in [7, 11) is 0. The van der Waals surface area contributed by atoms with Crippen LogP contribution < -0.4 is 0 Å². The number of para-hydroxylation sites is 1. The van der Waals surface area contributed by atoms with Crippen LogP contribution in [-0.4, -0.2) is 15.7 Å². The number of fused-ring (bicyclic) bond motifs is 1. The predicted octanol–water partition coefficient (Wildman–Crippen LogP) is 3.93. The number of aryl methyl sites for hydroxylation is 1. The zero-order chi connectivity index (χ0) is 15.0. The van der Waals surface area contributed by atoms with E-state index in [4.69, 9.17) is 0 Å². The first-order valence-electron chi connectivity index (χ1n) is 6.49. The highest BCUT2D eigenvalue weighted by molar-refractivity contribution is 7.12. The molecule has 0 radical (unpaired) electrons. The van der Waals surface area contributed by atoms with E-state index in [1.165, 1.54) is 17.4 Å². The van der Waals surface area contributed by atoms with Crippen molar-refractivity contribution in [1.82, 2.24) is 4.98 Å². The number of nitrogens with zero attached hydrogens (tertiary/aromatic N) is 1. The fourth-order valence-corrected chi connectivity index (χ4v) is 3.36. The number of aromatic nitrogens is 1. The summed E-state index contributed by atoms with van der Waals surface area (Å²) in [6.07, 6.45) is 2.34. The molecule has 1 N–H and O–H groups in total. The van der Waals surface area contributed by atoms with Gasteiger partial charge in [-0.3, -0.25) is 14.9 Å². The number of aromatic amines is 1. The molecule has 2 aromatic heterocycles. The second kappa shape index (κ2) is 5.14. The zero-order valence-corrected chi connectivity index (χ0v) is 12.1. The number of nitro groups is 1. The number of non-ortho nitro benzene ring substituents is 1. The van der Waals surface area contributed by atoms with Crippen molar-refractivity contribution in [2.24, 2.45) is 0 Å².